The summed E-state index contributed by atoms with van der Waals surface area (Å²) in [6.07, 6.45) is 4.87. The highest BCUT2D eigenvalue weighted by atomic mass is 16.5. The maximum atomic E-state index is 12.6. The second-order valence-corrected chi connectivity index (χ2v) is 7.79. The predicted octanol–water partition coefficient (Wildman–Crippen LogP) is 4.62. The van der Waals surface area contributed by atoms with E-state index < -0.39 is 0 Å². The van der Waals surface area contributed by atoms with Crippen LogP contribution in [-0.4, -0.2) is 17.9 Å². The molecule has 0 aromatic heterocycles. The van der Waals surface area contributed by atoms with E-state index in [9.17, 15) is 9.59 Å². The number of rotatable bonds is 2. The summed E-state index contributed by atoms with van der Waals surface area (Å²) in [5, 5.41) is 0. The topological polar surface area (TPSA) is 43.4 Å². The second-order valence-electron chi connectivity index (χ2n) is 7.79. The highest BCUT2D eigenvalue weighted by molar-refractivity contribution is 5.97. The Labute approximate surface area is 140 Å². The minimum absolute atomic E-state index is 0.0353. The van der Waals surface area contributed by atoms with E-state index in [0.29, 0.717) is 17.9 Å². The van der Waals surface area contributed by atoms with Gasteiger partial charge in [-0.2, -0.15) is 0 Å². The average Bonchev–Trinajstić information content (AvgIpc) is 2.50. The van der Waals surface area contributed by atoms with Gasteiger partial charge in [-0.05, 0) is 63.9 Å². The van der Waals surface area contributed by atoms with Crippen LogP contribution in [-0.2, 0) is 14.3 Å². The first-order valence-corrected chi connectivity index (χ1v) is 8.74. The van der Waals surface area contributed by atoms with Crippen LogP contribution in [0, 0.1) is 17.3 Å². The Hall–Kier alpha value is -1.38. The number of hydrogen-bond acceptors (Lipinski definition) is 3. The Morgan fingerprint density at radius 2 is 1.91 bits per heavy atom. The van der Waals surface area contributed by atoms with Crippen molar-refractivity contribution in [1.29, 1.82) is 0 Å². The molecule has 0 heterocycles. The standard InChI is InChI=1S/C20H30O3/c1-7-13(4)19(22)23-18-9-8-14(5)20(6)11-15(12(2)3)17(21)10-16(18)20/h7,14,16,18H,8-11H2,1-6H3. The summed E-state index contributed by atoms with van der Waals surface area (Å²) < 4.78 is 5.80. The van der Waals surface area contributed by atoms with E-state index >= 15 is 0 Å². The van der Waals surface area contributed by atoms with Crippen molar-refractivity contribution in [3.63, 3.8) is 0 Å². The summed E-state index contributed by atoms with van der Waals surface area (Å²) in [5.41, 5.74) is 2.79. The molecule has 2 aliphatic rings. The highest BCUT2D eigenvalue weighted by Crippen LogP contribution is 2.54. The van der Waals surface area contributed by atoms with E-state index in [1.165, 1.54) is 0 Å². The van der Waals surface area contributed by atoms with Crippen LogP contribution in [0.2, 0.25) is 0 Å². The fourth-order valence-electron chi connectivity index (χ4n) is 4.15. The Bertz CT molecular complexity index is 565. The van der Waals surface area contributed by atoms with E-state index in [2.05, 4.69) is 13.8 Å². The van der Waals surface area contributed by atoms with Crippen LogP contribution in [0.1, 0.15) is 67.2 Å². The number of fused-ring (bicyclic) bond motifs is 1. The smallest absolute Gasteiger partial charge is 0.333 e. The van der Waals surface area contributed by atoms with Crippen LogP contribution in [0.3, 0.4) is 0 Å². The minimum atomic E-state index is -0.241. The lowest BCUT2D eigenvalue weighted by Gasteiger charge is -2.52. The lowest BCUT2D eigenvalue weighted by molar-refractivity contribution is -0.160. The normalized spacial score (nSPS) is 34.9. The number of esters is 1. The van der Waals surface area contributed by atoms with Gasteiger partial charge in [0.2, 0.25) is 0 Å². The average molecular weight is 318 g/mol. The van der Waals surface area contributed by atoms with E-state index in [4.69, 9.17) is 4.74 Å². The van der Waals surface area contributed by atoms with Gasteiger partial charge < -0.3 is 4.74 Å². The molecule has 0 aromatic rings. The highest BCUT2D eigenvalue weighted by Gasteiger charge is 2.52. The van der Waals surface area contributed by atoms with E-state index in [1.54, 1.807) is 13.0 Å². The van der Waals surface area contributed by atoms with Gasteiger partial charge in [-0.3, -0.25) is 4.79 Å². The first kappa shape index (κ1) is 18.0. The van der Waals surface area contributed by atoms with Crippen molar-refractivity contribution >= 4 is 11.8 Å². The molecule has 0 aromatic carbocycles. The lowest BCUT2D eigenvalue weighted by atomic mass is 9.53. The van der Waals surface area contributed by atoms with Gasteiger partial charge in [-0.15, -0.1) is 0 Å². The van der Waals surface area contributed by atoms with Gasteiger partial charge in [0.1, 0.15) is 6.10 Å². The molecule has 0 N–H and O–H groups in total. The van der Waals surface area contributed by atoms with Crippen LogP contribution in [0.5, 0.6) is 0 Å². The van der Waals surface area contributed by atoms with Gasteiger partial charge in [-0.1, -0.05) is 25.5 Å². The summed E-state index contributed by atoms with van der Waals surface area (Å²) in [5.74, 6) is 0.670. The molecule has 0 aliphatic heterocycles. The summed E-state index contributed by atoms with van der Waals surface area (Å²) in [6.45, 7) is 12.2. The van der Waals surface area contributed by atoms with Gasteiger partial charge in [0.25, 0.3) is 0 Å². The quantitative estimate of drug-likeness (QED) is 0.551. The molecule has 2 fully saturated rings. The predicted molar refractivity (Wildman–Crippen MR) is 91.9 cm³/mol. The van der Waals surface area contributed by atoms with Gasteiger partial charge >= 0.3 is 5.97 Å². The third kappa shape index (κ3) is 3.29. The molecule has 0 radical (unpaired) electrons. The molecule has 0 bridgehead atoms. The number of carbonyl (C=O) groups excluding carboxylic acids is 2. The summed E-state index contributed by atoms with van der Waals surface area (Å²) >= 11 is 0. The molecule has 23 heavy (non-hydrogen) atoms. The SMILES string of the molecule is CC=C(C)C(=O)OC1CCC(C)C2(C)CC(=C(C)C)C(=O)CC12. The number of ketones is 1. The fraction of sp³-hybridized carbons (Fsp3) is 0.700. The number of ether oxygens (including phenoxy) is 1. The van der Waals surface area contributed by atoms with Crippen molar-refractivity contribution in [2.45, 2.75) is 73.3 Å². The first-order chi connectivity index (χ1) is 10.7. The molecule has 2 rings (SSSR count). The van der Waals surface area contributed by atoms with Crippen molar-refractivity contribution in [2.24, 2.45) is 17.3 Å². The number of allylic oxidation sites excluding steroid dienone is 3. The Kier molecular flexibility index (Phi) is 5.17. The number of carbonyl (C=O) groups is 2. The van der Waals surface area contributed by atoms with Gasteiger partial charge in [-0.25, -0.2) is 4.79 Å². The van der Waals surface area contributed by atoms with Crippen molar-refractivity contribution < 1.29 is 14.3 Å². The monoisotopic (exact) mass is 318 g/mol. The van der Waals surface area contributed by atoms with Gasteiger partial charge in [0.05, 0.1) is 0 Å². The number of Topliss-reactive ketones (excluding diaryl/α,β-unsaturated/α-hetero) is 1. The summed E-state index contributed by atoms with van der Waals surface area (Å²) in [4.78, 5) is 24.7. The zero-order valence-electron chi connectivity index (χ0n) is 15.4. The molecule has 2 aliphatic carbocycles. The molecular formula is C20H30O3. The molecular weight excluding hydrogens is 288 g/mol. The van der Waals surface area contributed by atoms with E-state index in [0.717, 1.165) is 30.4 Å². The van der Waals surface area contributed by atoms with Crippen LogP contribution in [0.15, 0.2) is 22.8 Å². The lowest BCUT2D eigenvalue weighted by Crippen LogP contribution is -2.51. The molecule has 0 saturated heterocycles. The van der Waals surface area contributed by atoms with Crippen LogP contribution in [0.25, 0.3) is 0 Å². The zero-order valence-corrected chi connectivity index (χ0v) is 15.4. The maximum absolute atomic E-state index is 12.6. The van der Waals surface area contributed by atoms with E-state index in [1.807, 2.05) is 20.8 Å². The molecule has 4 unspecified atom stereocenters. The number of hydrogen-bond donors (Lipinski definition) is 0. The van der Waals surface area contributed by atoms with Gasteiger partial charge in [0.15, 0.2) is 5.78 Å². The second kappa shape index (κ2) is 6.62. The molecule has 3 heteroatoms. The van der Waals surface area contributed by atoms with Crippen molar-refractivity contribution in [1.82, 2.24) is 0 Å². The molecule has 4 atom stereocenters. The zero-order chi connectivity index (χ0) is 17.4. The van der Waals surface area contributed by atoms with Crippen LogP contribution < -0.4 is 0 Å². The maximum Gasteiger partial charge on any atom is 0.333 e. The van der Waals surface area contributed by atoms with Crippen molar-refractivity contribution in [2.75, 3.05) is 0 Å². The third-order valence-corrected chi connectivity index (χ3v) is 6.22. The molecule has 2 saturated carbocycles. The van der Waals surface area contributed by atoms with Gasteiger partial charge in [0, 0.05) is 17.9 Å². The van der Waals surface area contributed by atoms with Crippen molar-refractivity contribution in [3.05, 3.63) is 22.8 Å². The van der Waals surface area contributed by atoms with Crippen LogP contribution >= 0.6 is 0 Å². The summed E-state index contributed by atoms with van der Waals surface area (Å²) in [7, 11) is 0. The summed E-state index contributed by atoms with van der Waals surface area (Å²) in [6, 6.07) is 0. The molecule has 0 spiro atoms. The first-order valence-electron chi connectivity index (χ1n) is 8.74. The Balaban J connectivity index is 2.29. The van der Waals surface area contributed by atoms with Crippen molar-refractivity contribution in [3.8, 4) is 0 Å². The van der Waals surface area contributed by atoms with E-state index in [-0.39, 0.29) is 29.2 Å². The third-order valence-electron chi connectivity index (χ3n) is 6.22. The molecule has 128 valence electrons. The Morgan fingerprint density at radius 3 is 2.48 bits per heavy atom. The largest absolute Gasteiger partial charge is 0.459 e. The fourth-order valence-corrected chi connectivity index (χ4v) is 4.15. The van der Waals surface area contributed by atoms with Crippen LogP contribution in [0.4, 0.5) is 0 Å². The molecule has 0 amide bonds. The molecule has 3 nitrogen and oxygen atoms in total. The Morgan fingerprint density at radius 1 is 1.26 bits per heavy atom. The minimum Gasteiger partial charge on any atom is -0.459 e.